The molecule has 1 fully saturated rings. The number of amides is 1. The second kappa shape index (κ2) is 6.99. The monoisotopic (exact) mass is 324 g/mol. The zero-order chi connectivity index (χ0) is 17.1. The summed E-state index contributed by atoms with van der Waals surface area (Å²) in [6.07, 6.45) is 5.55. The third kappa shape index (κ3) is 3.55. The van der Waals surface area contributed by atoms with E-state index in [1.807, 2.05) is 32.0 Å². The second-order valence-electron chi connectivity index (χ2n) is 6.64. The molecule has 2 aromatic rings. The Kier molecular flexibility index (Phi) is 4.79. The predicted molar refractivity (Wildman–Crippen MR) is 96.5 cm³/mol. The molecule has 0 saturated carbocycles. The van der Waals surface area contributed by atoms with Gasteiger partial charge >= 0.3 is 0 Å². The number of benzene rings is 1. The third-order valence-electron chi connectivity index (χ3n) is 4.82. The number of nitrogens with zero attached hydrogens (tertiary/aromatic N) is 3. The molecule has 5 nitrogen and oxygen atoms in total. The Balaban J connectivity index is 1.69. The van der Waals surface area contributed by atoms with Gasteiger partial charge in [-0.1, -0.05) is 19.1 Å². The topological polar surface area (TPSA) is 58.1 Å². The summed E-state index contributed by atoms with van der Waals surface area (Å²) >= 11 is 0. The molecule has 3 rings (SSSR count). The standard InChI is InChI=1S/C19H24N4O/c1-13-7-9-23(10-8-13)19-20-11-16(12-21-19)18(24)22-17-6-4-5-14(2)15(17)3/h4-6,11-13H,7-10H2,1-3H3,(H,22,24). The van der Waals surface area contributed by atoms with E-state index in [2.05, 4.69) is 27.1 Å². The van der Waals surface area contributed by atoms with Gasteiger partial charge in [-0.3, -0.25) is 4.79 Å². The maximum atomic E-state index is 12.4. The molecule has 0 radical (unpaired) electrons. The summed E-state index contributed by atoms with van der Waals surface area (Å²) in [7, 11) is 0. The van der Waals surface area contributed by atoms with Gasteiger partial charge in [0, 0.05) is 31.2 Å². The van der Waals surface area contributed by atoms with Crippen molar-refractivity contribution in [2.45, 2.75) is 33.6 Å². The summed E-state index contributed by atoms with van der Waals surface area (Å²) in [6.45, 7) is 8.27. The van der Waals surface area contributed by atoms with Crippen LogP contribution in [-0.4, -0.2) is 29.0 Å². The molecule has 1 aliphatic rings. The number of anilines is 2. The number of rotatable bonds is 3. The van der Waals surface area contributed by atoms with Gasteiger partial charge in [-0.2, -0.15) is 0 Å². The van der Waals surface area contributed by atoms with Gasteiger partial charge in [-0.05, 0) is 49.8 Å². The lowest BCUT2D eigenvalue weighted by molar-refractivity contribution is 0.102. The van der Waals surface area contributed by atoms with Crippen molar-refractivity contribution in [2.75, 3.05) is 23.3 Å². The highest BCUT2D eigenvalue weighted by Gasteiger charge is 2.18. The Morgan fingerprint density at radius 3 is 2.50 bits per heavy atom. The molecule has 1 aromatic heterocycles. The van der Waals surface area contributed by atoms with E-state index in [1.165, 1.54) is 0 Å². The summed E-state index contributed by atoms with van der Waals surface area (Å²) in [5, 5.41) is 2.94. The van der Waals surface area contributed by atoms with Crippen LogP contribution in [0.3, 0.4) is 0 Å². The molecular formula is C19H24N4O. The molecule has 126 valence electrons. The van der Waals surface area contributed by atoms with Gasteiger partial charge in [0.25, 0.3) is 5.91 Å². The van der Waals surface area contributed by atoms with Crippen LogP contribution in [0.4, 0.5) is 11.6 Å². The summed E-state index contributed by atoms with van der Waals surface area (Å²) < 4.78 is 0. The minimum absolute atomic E-state index is 0.178. The Labute approximate surface area is 143 Å². The molecule has 0 unspecified atom stereocenters. The molecule has 0 atom stereocenters. The fraction of sp³-hybridized carbons (Fsp3) is 0.421. The van der Waals surface area contributed by atoms with Gasteiger partial charge in [-0.15, -0.1) is 0 Å². The molecule has 1 N–H and O–H groups in total. The van der Waals surface area contributed by atoms with E-state index in [0.29, 0.717) is 11.5 Å². The van der Waals surface area contributed by atoms with Crippen LogP contribution < -0.4 is 10.2 Å². The molecule has 0 bridgehead atoms. The number of aryl methyl sites for hydroxylation is 1. The van der Waals surface area contributed by atoms with Gasteiger partial charge in [-0.25, -0.2) is 9.97 Å². The zero-order valence-electron chi connectivity index (χ0n) is 14.5. The lowest BCUT2D eigenvalue weighted by Crippen LogP contribution is -2.34. The Morgan fingerprint density at radius 2 is 1.83 bits per heavy atom. The Bertz CT molecular complexity index is 719. The van der Waals surface area contributed by atoms with Crippen molar-refractivity contribution in [3.05, 3.63) is 47.3 Å². The lowest BCUT2D eigenvalue weighted by atomic mass is 10.00. The predicted octanol–water partition coefficient (Wildman–Crippen LogP) is 3.58. The molecular weight excluding hydrogens is 300 g/mol. The molecule has 0 spiro atoms. The van der Waals surface area contributed by atoms with E-state index in [9.17, 15) is 4.79 Å². The highest BCUT2D eigenvalue weighted by molar-refractivity contribution is 6.04. The van der Waals surface area contributed by atoms with Crippen LogP contribution in [-0.2, 0) is 0 Å². The van der Waals surface area contributed by atoms with E-state index in [-0.39, 0.29) is 5.91 Å². The number of aromatic nitrogens is 2. The highest BCUT2D eigenvalue weighted by Crippen LogP contribution is 2.21. The zero-order valence-corrected chi connectivity index (χ0v) is 14.5. The van der Waals surface area contributed by atoms with Crippen molar-refractivity contribution >= 4 is 17.5 Å². The molecule has 1 aromatic carbocycles. The Hall–Kier alpha value is -2.43. The first-order valence-corrected chi connectivity index (χ1v) is 8.49. The van der Waals surface area contributed by atoms with Gasteiger partial charge in [0.2, 0.25) is 5.95 Å². The minimum atomic E-state index is -0.178. The van der Waals surface area contributed by atoms with Crippen molar-refractivity contribution in [3.8, 4) is 0 Å². The van der Waals surface area contributed by atoms with Crippen molar-refractivity contribution in [1.29, 1.82) is 0 Å². The minimum Gasteiger partial charge on any atom is -0.341 e. The largest absolute Gasteiger partial charge is 0.341 e. The van der Waals surface area contributed by atoms with Gasteiger partial charge in [0.15, 0.2) is 0 Å². The third-order valence-corrected chi connectivity index (χ3v) is 4.82. The van der Waals surface area contributed by atoms with Gasteiger partial charge < -0.3 is 10.2 Å². The molecule has 1 amide bonds. The molecule has 2 heterocycles. The van der Waals surface area contributed by atoms with Crippen LogP contribution >= 0.6 is 0 Å². The fourth-order valence-corrected chi connectivity index (χ4v) is 2.89. The second-order valence-corrected chi connectivity index (χ2v) is 6.64. The SMILES string of the molecule is Cc1cccc(NC(=O)c2cnc(N3CCC(C)CC3)nc2)c1C. The van der Waals surface area contributed by atoms with Crippen LogP contribution in [0.15, 0.2) is 30.6 Å². The van der Waals surface area contributed by atoms with Crippen LogP contribution in [0.1, 0.15) is 41.3 Å². The van der Waals surface area contributed by atoms with Crippen molar-refractivity contribution in [3.63, 3.8) is 0 Å². The van der Waals surface area contributed by atoms with E-state index in [4.69, 9.17) is 0 Å². The number of carbonyl (C=O) groups excluding carboxylic acids is 1. The van der Waals surface area contributed by atoms with Crippen LogP contribution in [0.25, 0.3) is 0 Å². The molecule has 1 aliphatic heterocycles. The number of hydrogen-bond donors (Lipinski definition) is 1. The van der Waals surface area contributed by atoms with Crippen LogP contribution in [0, 0.1) is 19.8 Å². The smallest absolute Gasteiger partial charge is 0.258 e. The summed E-state index contributed by atoms with van der Waals surface area (Å²) in [6, 6.07) is 5.88. The molecule has 0 aliphatic carbocycles. The maximum absolute atomic E-state index is 12.4. The van der Waals surface area contributed by atoms with Crippen LogP contribution in [0.2, 0.25) is 0 Å². The fourth-order valence-electron chi connectivity index (χ4n) is 2.89. The van der Waals surface area contributed by atoms with Gasteiger partial charge in [0.1, 0.15) is 0 Å². The number of piperidine rings is 1. The molecule has 5 heteroatoms. The summed E-state index contributed by atoms with van der Waals surface area (Å²) in [4.78, 5) is 23.4. The van der Waals surface area contributed by atoms with Crippen molar-refractivity contribution in [1.82, 2.24) is 9.97 Å². The summed E-state index contributed by atoms with van der Waals surface area (Å²) in [5.41, 5.74) is 3.53. The van der Waals surface area contributed by atoms with Crippen LogP contribution in [0.5, 0.6) is 0 Å². The number of hydrogen-bond acceptors (Lipinski definition) is 4. The lowest BCUT2D eigenvalue weighted by Gasteiger charge is -2.30. The normalized spacial score (nSPS) is 15.4. The highest BCUT2D eigenvalue weighted by atomic mass is 16.1. The average molecular weight is 324 g/mol. The average Bonchev–Trinajstić information content (AvgIpc) is 2.60. The quantitative estimate of drug-likeness (QED) is 0.937. The van der Waals surface area contributed by atoms with E-state index < -0.39 is 0 Å². The van der Waals surface area contributed by atoms with E-state index >= 15 is 0 Å². The van der Waals surface area contributed by atoms with Gasteiger partial charge in [0.05, 0.1) is 5.56 Å². The van der Waals surface area contributed by atoms with Crippen molar-refractivity contribution < 1.29 is 4.79 Å². The first kappa shape index (κ1) is 16.4. The maximum Gasteiger partial charge on any atom is 0.258 e. The number of nitrogens with one attached hydrogen (secondary N) is 1. The van der Waals surface area contributed by atoms with E-state index in [0.717, 1.165) is 48.7 Å². The summed E-state index contributed by atoms with van der Waals surface area (Å²) in [5.74, 6) is 1.30. The molecule has 1 saturated heterocycles. The number of carbonyl (C=O) groups is 1. The first-order chi connectivity index (χ1) is 11.5. The molecule has 24 heavy (non-hydrogen) atoms. The van der Waals surface area contributed by atoms with Crippen molar-refractivity contribution in [2.24, 2.45) is 5.92 Å². The first-order valence-electron chi connectivity index (χ1n) is 8.49. The Morgan fingerprint density at radius 1 is 1.17 bits per heavy atom. The van der Waals surface area contributed by atoms with E-state index in [1.54, 1.807) is 12.4 Å².